The molecule has 0 radical (unpaired) electrons. The van der Waals surface area contributed by atoms with Gasteiger partial charge in [-0.2, -0.15) is 0 Å². The summed E-state index contributed by atoms with van der Waals surface area (Å²) in [6.45, 7) is 13.1. The van der Waals surface area contributed by atoms with E-state index in [1.807, 2.05) is 27.7 Å². The normalized spacial score (nSPS) is 12.1. The predicted molar refractivity (Wildman–Crippen MR) is 124 cm³/mol. The first-order valence-corrected chi connectivity index (χ1v) is 15.2. The second-order valence-corrected chi connectivity index (χ2v) is 12.3. The van der Waals surface area contributed by atoms with E-state index >= 15 is 0 Å². The average molecular weight is 465 g/mol. The van der Waals surface area contributed by atoms with Crippen molar-refractivity contribution in [3.8, 4) is 0 Å². The average Bonchev–Trinajstić information content (AvgIpc) is 2.63. The summed E-state index contributed by atoms with van der Waals surface area (Å²) in [6, 6.07) is 1.48. The molecule has 10 heteroatoms. The fraction of sp³-hybridized carbons (Fsp3) is 0.900. The van der Waals surface area contributed by atoms with Crippen LogP contribution in [0.3, 0.4) is 0 Å². The molecule has 0 saturated carbocycles. The molecule has 0 aliphatic heterocycles. The molecule has 0 unspecified atom stereocenters. The van der Waals surface area contributed by atoms with E-state index in [0.29, 0.717) is 26.4 Å². The van der Waals surface area contributed by atoms with Crippen molar-refractivity contribution in [3.63, 3.8) is 0 Å². The van der Waals surface area contributed by atoms with Crippen LogP contribution in [0.1, 0.15) is 80.1 Å². The van der Waals surface area contributed by atoms with Crippen LogP contribution in [-0.2, 0) is 26.6 Å². The lowest BCUT2D eigenvalue weighted by Crippen LogP contribution is -2.47. The highest BCUT2D eigenvalue weighted by molar-refractivity contribution is 6.62. The smallest absolute Gasteiger partial charge is 0.490 e. The summed E-state index contributed by atoms with van der Waals surface area (Å²) in [5, 5.41) is 15.3. The number of hydrogen-bond donors (Lipinski definition) is 2. The Morgan fingerprint density at radius 3 is 1.03 bits per heavy atom. The van der Waals surface area contributed by atoms with Crippen molar-refractivity contribution in [2.45, 2.75) is 92.2 Å². The van der Waals surface area contributed by atoms with Crippen molar-refractivity contribution in [1.29, 1.82) is 10.8 Å². The van der Waals surface area contributed by atoms with Gasteiger partial charge in [0.05, 0.1) is 0 Å². The lowest BCUT2D eigenvalue weighted by atomic mass is 10.1. The zero-order valence-corrected chi connectivity index (χ0v) is 21.9. The third kappa shape index (κ3) is 12.8. The van der Waals surface area contributed by atoms with Gasteiger partial charge in [-0.05, 0) is 40.5 Å². The SMILES string of the molecule is CCO[Si](CCCCCCCC[Si](OCC)(OCC)OC(C)=N)(OCC)OC(C)=N. The molecule has 0 aliphatic carbocycles. The molecule has 0 saturated heterocycles. The standard InChI is InChI=1S/C20H44N2O6Si2/c1-7-23-29(24-8-2,27-19(5)21)17-15-13-11-12-14-16-18-30(25-9-3,26-10-4)28-20(6)22/h21-22H,7-18H2,1-6H3. The summed E-state index contributed by atoms with van der Waals surface area (Å²) in [5.41, 5.74) is 0. The fourth-order valence-corrected chi connectivity index (χ4v) is 8.57. The van der Waals surface area contributed by atoms with Gasteiger partial charge in [0.15, 0.2) is 11.8 Å². The summed E-state index contributed by atoms with van der Waals surface area (Å²) >= 11 is 0. The van der Waals surface area contributed by atoms with Gasteiger partial charge in [0.25, 0.3) is 0 Å². The first-order valence-electron chi connectivity index (χ1n) is 11.3. The van der Waals surface area contributed by atoms with Crippen molar-refractivity contribution >= 4 is 29.4 Å². The van der Waals surface area contributed by atoms with Crippen molar-refractivity contribution in [2.24, 2.45) is 0 Å². The van der Waals surface area contributed by atoms with Crippen LogP contribution in [0.15, 0.2) is 0 Å². The topological polar surface area (TPSA) is 103 Å². The molecule has 0 atom stereocenters. The van der Waals surface area contributed by atoms with Gasteiger partial charge in [0.2, 0.25) is 0 Å². The van der Waals surface area contributed by atoms with E-state index in [1.165, 1.54) is 0 Å². The van der Waals surface area contributed by atoms with Crippen LogP contribution in [0.2, 0.25) is 12.1 Å². The Hall–Kier alpha value is -0.786. The molecule has 2 N–H and O–H groups in total. The molecule has 0 bridgehead atoms. The fourth-order valence-electron chi connectivity index (χ4n) is 3.33. The number of hydrogen-bond acceptors (Lipinski definition) is 8. The first kappa shape index (κ1) is 29.2. The minimum Gasteiger partial charge on any atom is -0.490 e. The Balaban J connectivity index is 4.34. The number of nitrogens with one attached hydrogen (secondary N) is 2. The van der Waals surface area contributed by atoms with E-state index in [9.17, 15) is 0 Å². The van der Waals surface area contributed by atoms with Crippen LogP contribution >= 0.6 is 0 Å². The van der Waals surface area contributed by atoms with E-state index in [1.54, 1.807) is 13.8 Å². The third-order valence-electron chi connectivity index (χ3n) is 4.29. The Morgan fingerprint density at radius 2 is 0.800 bits per heavy atom. The molecule has 0 aliphatic rings. The minimum atomic E-state index is -2.78. The van der Waals surface area contributed by atoms with Gasteiger partial charge < -0.3 is 26.6 Å². The molecule has 0 aromatic heterocycles. The van der Waals surface area contributed by atoms with Crippen molar-refractivity contribution in [2.75, 3.05) is 26.4 Å². The van der Waals surface area contributed by atoms with E-state index < -0.39 is 17.6 Å². The Kier molecular flexibility index (Phi) is 16.4. The summed E-state index contributed by atoms with van der Waals surface area (Å²) in [6.07, 6.45) is 6.32. The maximum absolute atomic E-state index is 7.66. The monoisotopic (exact) mass is 464 g/mol. The third-order valence-corrected chi connectivity index (χ3v) is 10.4. The second-order valence-electron chi connectivity index (χ2n) is 7.04. The van der Waals surface area contributed by atoms with Crippen LogP contribution in [-0.4, -0.2) is 55.8 Å². The second kappa shape index (κ2) is 16.9. The lowest BCUT2D eigenvalue weighted by Gasteiger charge is -2.29. The molecule has 0 heterocycles. The van der Waals surface area contributed by atoms with Gasteiger partial charge in [-0.25, -0.2) is 0 Å². The van der Waals surface area contributed by atoms with Crippen molar-refractivity contribution in [3.05, 3.63) is 0 Å². The maximum Gasteiger partial charge on any atom is 0.566 e. The highest BCUT2D eigenvalue weighted by Crippen LogP contribution is 2.23. The van der Waals surface area contributed by atoms with Crippen LogP contribution in [0, 0.1) is 10.8 Å². The Morgan fingerprint density at radius 1 is 0.533 bits per heavy atom. The molecular formula is C20H44N2O6Si2. The summed E-state index contributed by atoms with van der Waals surface area (Å²) in [4.78, 5) is 0. The van der Waals surface area contributed by atoms with Gasteiger partial charge in [0.1, 0.15) is 0 Å². The molecule has 0 rings (SSSR count). The minimum absolute atomic E-state index is 0.155. The molecule has 0 fully saturated rings. The van der Waals surface area contributed by atoms with Gasteiger partial charge in [-0.15, -0.1) is 0 Å². The van der Waals surface area contributed by atoms with Gasteiger partial charge >= 0.3 is 17.6 Å². The lowest BCUT2D eigenvalue weighted by molar-refractivity contribution is 0.109. The van der Waals surface area contributed by atoms with Gasteiger partial charge in [0, 0.05) is 52.4 Å². The number of rotatable bonds is 19. The molecule has 0 aromatic rings. The van der Waals surface area contributed by atoms with Gasteiger partial charge in [-0.3, -0.25) is 10.8 Å². The van der Waals surface area contributed by atoms with E-state index in [2.05, 4.69) is 0 Å². The highest BCUT2D eigenvalue weighted by atomic mass is 28.4. The highest BCUT2D eigenvalue weighted by Gasteiger charge is 2.43. The molecule has 178 valence electrons. The van der Waals surface area contributed by atoms with E-state index in [4.69, 9.17) is 37.4 Å². The molecule has 30 heavy (non-hydrogen) atoms. The zero-order valence-electron chi connectivity index (χ0n) is 19.9. The van der Waals surface area contributed by atoms with Gasteiger partial charge in [-0.1, -0.05) is 25.7 Å². The van der Waals surface area contributed by atoms with E-state index in [-0.39, 0.29) is 11.8 Å². The van der Waals surface area contributed by atoms with Crippen molar-refractivity contribution < 1.29 is 26.6 Å². The largest absolute Gasteiger partial charge is 0.566 e. The molecule has 0 amide bonds. The summed E-state index contributed by atoms with van der Waals surface area (Å²) in [5.74, 6) is 0.310. The van der Waals surface area contributed by atoms with Crippen LogP contribution in [0.4, 0.5) is 0 Å². The van der Waals surface area contributed by atoms with Crippen molar-refractivity contribution in [1.82, 2.24) is 0 Å². The molecular weight excluding hydrogens is 420 g/mol. The first-order chi connectivity index (χ1) is 14.3. The van der Waals surface area contributed by atoms with E-state index in [0.717, 1.165) is 50.6 Å². The van der Waals surface area contributed by atoms with Crippen LogP contribution < -0.4 is 0 Å². The number of unbranched alkanes of at least 4 members (excludes halogenated alkanes) is 5. The summed E-state index contributed by atoms with van der Waals surface area (Å²) < 4.78 is 34.8. The zero-order chi connectivity index (χ0) is 22.9. The van der Waals surface area contributed by atoms with Crippen LogP contribution in [0.5, 0.6) is 0 Å². The molecule has 8 nitrogen and oxygen atoms in total. The Labute approximate surface area is 185 Å². The van der Waals surface area contributed by atoms with Crippen LogP contribution in [0.25, 0.3) is 0 Å². The predicted octanol–water partition coefficient (Wildman–Crippen LogP) is 5.38. The Bertz CT molecular complexity index is 428. The quantitative estimate of drug-likeness (QED) is 0.115. The maximum atomic E-state index is 7.66. The molecule has 0 spiro atoms. The summed E-state index contributed by atoms with van der Waals surface area (Å²) in [7, 11) is -5.56. The molecule has 0 aromatic carbocycles.